The highest BCUT2D eigenvalue weighted by Crippen LogP contribution is 2.22. The summed E-state index contributed by atoms with van der Waals surface area (Å²) in [5.74, 6) is -1.54. The maximum atomic E-state index is 12.0. The third-order valence-corrected chi connectivity index (χ3v) is 2.84. The van der Waals surface area contributed by atoms with Crippen LogP contribution in [0, 0.1) is 24.0 Å². The van der Waals surface area contributed by atoms with E-state index in [1.165, 1.54) is 6.07 Å². The molecular formula is C13H16N2O5. The van der Waals surface area contributed by atoms with Crippen LogP contribution in [0.3, 0.4) is 0 Å². The van der Waals surface area contributed by atoms with E-state index in [9.17, 15) is 19.7 Å². The number of hydrogen-bond donors (Lipinski definition) is 2. The first kappa shape index (κ1) is 15.6. The van der Waals surface area contributed by atoms with Crippen LogP contribution in [-0.2, 0) is 4.79 Å². The number of benzene rings is 1. The normalized spacial score (nSPS) is 11.8. The molecule has 0 aliphatic carbocycles. The van der Waals surface area contributed by atoms with E-state index >= 15 is 0 Å². The van der Waals surface area contributed by atoms with Gasteiger partial charge in [-0.1, -0.05) is 0 Å². The molecule has 0 saturated heterocycles. The summed E-state index contributed by atoms with van der Waals surface area (Å²) in [6.45, 7) is 4.83. The molecule has 7 nitrogen and oxygen atoms in total. The fraction of sp³-hybridized carbons (Fsp3) is 0.385. The van der Waals surface area contributed by atoms with Crippen LogP contribution in [0.15, 0.2) is 12.1 Å². The van der Waals surface area contributed by atoms with Gasteiger partial charge < -0.3 is 10.4 Å². The summed E-state index contributed by atoms with van der Waals surface area (Å²) in [6.07, 6.45) is -0.210. The first-order valence-electron chi connectivity index (χ1n) is 6.00. The first-order chi connectivity index (χ1) is 9.22. The van der Waals surface area contributed by atoms with Gasteiger partial charge in [0, 0.05) is 23.2 Å². The molecule has 0 aliphatic rings. The van der Waals surface area contributed by atoms with Gasteiger partial charge in [-0.25, -0.2) is 0 Å². The van der Waals surface area contributed by atoms with Gasteiger partial charge in [-0.3, -0.25) is 19.7 Å². The number of aliphatic carboxylic acids is 1. The number of nitro groups is 1. The summed E-state index contributed by atoms with van der Waals surface area (Å²) in [5, 5.41) is 22.0. The van der Waals surface area contributed by atoms with Crippen molar-refractivity contribution in [3.8, 4) is 0 Å². The van der Waals surface area contributed by atoms with E-state index in [2.05, 4.69) is 5.32 Å². The van der Waals surface area contributed by atoms with Crippen LogP contribution < -0.4 is 5.32 Å². The molecule has 0 spiro atoms. The maximum Gasteiger partial charge on any atom is 0.305 e. The Labute approximate surface area is 115 Å². The van der Waals surface area contributed by atoms with Crippen LogP contribution in [0.25, 0.3) is 0 Å². The topological polar surface area (TPSA) is 110 Å². The van der Waals surface area contributed by atoms with Crippen molar-refractivity contribution < 1.29 is 19.6 Å². The predicted molar refractivity (Wildman–Crippen MR) is 71.8 cm³/mol. The Morgan fingerprint density at radius 2 is 1.95 bits per heavy atom. The van der Waals surface area contributed by atoms with Crippen molar-refractivity contribution in [2.24, 2.45) is 0 Å². The average Bonchev–Trinajstić information content (AvgIpc) is 2.26. The highest BCUT2D eigenvalue weighted by atomic mass is 16.6. The zero-order valence-electron chi connectivity index (χ0n) is 11.5. The SMILES string of the molecule is Cc1cc(C)c([N+](=O)[O-])cc1C(=O)NC(C)CC(=O)O. The van der Waals surface area contributed by atoms with Crippen molar-refractivity contribution in [3.05, 3.63) is 38.9 Å². The molecule has 1 atom stereocenters. The van der Waals surface area contributed by atoms with E-state index in [4.69, 9.17) is 5.11 Å². The Morgan fingerprint density at radius 3 is 2.45 bits per heavy atom. The highest BCUT2D eigenvalue weighted by molar-refractivity contribution is 5.96. The minimum absolute atomic E-state index is 0.133. The van der Waals surface area contributed by atoms with Gasteiger partial charge in [-0.15, -0.1) is 0 Å². The molecule has 1 amide bonds. The molecule has 0 aliphatic heterocycles. The van der Waals surface area contributed by atoms with Crippen LogP contribution in [-0.4, -0.2) is 27.9 Å². The number of carboxylic acid groups (broad SMARTS) is 1. The van der Waals surface area contributed by atoms with E-state index in [1.807, 2.05) is 0 Å². The number of amides is 1. The molecule has 2 N–H and O–H groups in total. The number of carboxylic acids is 1. The van der Waals surface area contributed by atoms with E-state index in [0.717, 1.165) is 0 Å². The lowest BCUT2D eigenvalue weighted by atomic mass is 10.0. The van der Waals surface area contributed by atoms with Crippen LogP contribution in [0.1, 0.15) is 34.8 Å². The molecule has 0 heterocycles. The lowest BCUT2D eigenvalue weighted by molar-refractivity contribution is -0.385. The molecule has 0 bridgehead atoms. The Hall–Kier alpha value is -2.44. The molecular weight excluding hydrogens is 264 g/mol. The summed E-state index contributed by atoms with van der Waals surface area (Å²) < 4.78 is 0. The monoisotopic (exact) mass is 280 g/mol. The smallest absolute Gasteiger partial charge is 0.305 e. The standard InChI is InChI=1S/C13H16N2O5/c1-7-4-8(2)11(15(19)20)6-10(7)13(18)14-9(3)5-12(16)17/h4,6,9H,5H2,1-3H3,(H,14,18)(H,16,17). The van der Waals surface area contributed by atoms with Gasteiger partial charge in [-0.05, 0) is 32.4 Å². The number of nitrogens with zero attached hydrogens (tertiary/aromatic N) is 1. The molecule has 20 heavy (non-hydrogen) atoms. The fourth-order valence-corrected chi connectivity index (χ4v) is 1.90. The number of hydrogen-bond acceptors (Lipinski definition) is 4. The predicted octanol–water partition coefficient (Wildman–Crippen LogP) is 1.80. The Kier molecular flexibility index (Phi) is 4.79. The van der Waals surface area contributed by atoms with Crippen LogP contribution in [0.2, 0.25) is 0 Å². The van der Waals surface area contributed by atoms with Crippen molar-refractivity contribution in [1.82, 2.24) is 5.32 Å². The van der Waals surface area contributed by atoms with Crippen molar-refractivity contribution in [1.29, 1.82) is 0 Å². The summed E-state index contributed by atoms with van der Waals surface area (Å²) in [7, 11) is 0. The minimum Gasteiger partial charge on any atom is -0.481 e. The second-order valence-corrected chi connectivity index (χ2v) is 4.68. The summed E-state index contributed by atoms with van der Waals surface area (Å²) in [6, 6.07) is 2.22. The Balaban J connectivity index is 3.01. The van der Waals surface area contributed by atoms with Crippen molar-refractivity contribution in [3.63, 3.8) is 0 Å². The van der Waals surface area contributed by atoms with Crippen molar-refractivity contribution in [2.75, 3.05) is 0 Å². The summed E-state index contributed by atoms with van der Waals surface area (Å²) in [4.78, 5) is 32.9. The van der Waals surface area contributed by atoms with E-state index in [0.29, 0.717) is 11.1 Å². The van der Waals surface area contributed by atoms with Gasteiger partial charge in [0.15, 0.2) is 0 Å². The molecule has 0 aromatic heterocycles. The molecule has 108 valence electrons. The van der Waals surface area contributed by atoms with Gasteiger partial charge in [0.05, 0.1) is 11.3 Å². The third-order valence-electron chi connectivity index (χ3n) is 2.84. The Morgan fingerprint density at radius 1 is 1.35 bits per heavy atom. The van der Waals surface area contributed by atoms with Crippen LogP contribution in [0.5, 0.6) is 0 Å². The van der Waals surface area contributed by atoms with Gasteiger partial charge in [-0.2, -0.15) is 0 Å². The number of rotatable bonds is 5. The molecule has 1 aromatic rings. The molecule has 1 unspecified atom stereocenters. The molecule has 7 heteroatoms. The largest absolute Gasteiger partial charge is 0.481 e. The van der Waals surface area contributed by atoms with Gasteiger partial charge in [0.2, 0.25) is 0 Å². The second kappa shape index (κ2) is 6.14. The van der Waals surface area contributed by atoms with Gasteiger partial charge in [0.1, 0.15) is 0 Å². The zero-order valence-corrected chi connectivity index (χ0v) is 11.5. The third kappa shape index (κ3) is 3.78. The second-order valence-electron chi connectivity index (χ2n) is 4.68. The minimum atomic E-state index is -1.02. The summed E-state index contributed by atoms with van der Waals surface area (Å²) >= 11 is 0. The number of aryl methyl sites for hydroxylation is 2. The zero-order chi connectivity index (χ0) is 15.4. The van der Waals surface area contributed by atoms with Crippen LogP contribution in [0.4, 0.5) is 5.69 Å². The lowest BCUT2D eigenvalue weighted by Gasteiger charge is -2.13. The number of carbonyl (C=O) groups is 2. The van der Waals surface area contributed by atoms with E-state index in [-0.39, 0.29) is 17.7 Å². The van der Waals surface area contributed by atoms with Gasteiger partial charge in [0.25, 0.3) is 11.6 Å². The molecule has 1 rings (SSSR count). The average molecular weight is 280 g/mol. The van der Waals surface area contributed by atoms with E-state index < -0.39 is 22.8 Å². The molecule has 1 aromatic carbocycles. The lowest BCUT2D eigenvalue weighted by Crippen LogP contribution is -2.34. The van der Waals surface area contributed by atoms with Crippen molar-refractivity contribution in [2.45, 2.75) is 33.2 Å². The maximum absolute atomic E-state index is 12.0. The number of carbonyl (C=O) groups excluding carboxylic acids is 1. The van der Waals surface area contributed by atoms with Gasteiger partial charge >= 0.3 is 5.97 Å². The Bertz CT molecular complexity index is 568. The summed E-state index contributed by atoms with van der Waals surface area (Å²) in [5.41, 5.74) is 1.13. The number of nitrogens with one attached hydrogen (secondary N) is 1. The quantitative estimate of drug-likeness (QED) is 0.631. The fourth-order valence-electron chi connectivity index (χ4n) is 1.90. The number of nitro benzene ring substituents is 1. The van der Waals surface area contributed by atoms with E-state index in [1.54, 1.807) is 26.8 Å². The first-order valence-corrected chi connectivity index (χ1v) is 6.00. The molecule has 0 fully saturated rings. The molecule has 0 saturated carbocycles. The van der Waals surface area contributed by atoms with Crippen molar-refractivity contribution >= 4 is 17.6 Å². The molecule has 0 radical (unpaired) electrons. The highest BCUT2D eigenvalue weighted by Gasteiger charge is 2.19. The van der Waals surface area contributed by atoms with Crippen LogP contribution >= 0.6 is 0 Å².